The van der Waals surface area contributed by atoms with Crippen molar-refractivity contribution in [2.75, 3.05) is 5.73 Å². The predicted octanol–water partition coefficient (Wildman–Crippen LogP) is 0.449. The SMILES string of the molecule is Nc1cn[nH]c1-c1ccncn1. The quantitative estimate of drug-likeness (QED) is 0.636. The van der Waals surface area contributed by atoms with E-state index < -0.39 is 0 Å². The van der Waals surface area contributed by atoms with E-state index in [0.717, 1.165) is 11.4 Å². The first kappa shape index (κ1) is 6.78. The minimum atomic E-state index is 0.591. The van der Waals surface area contributed by atoms with Crippen LogP contribution in [-0.2, 0) is 0 Å². The molecule has 0 aliphatic heterocycles. The summed E-state index contributed by atoms with van der Waals surface area (Å²) < 4.78 is 0. The Hall–Kier alpha value is -1.91. The molecule has 0 saturated carbocycles. The molecule has 12 heavy (non-hydrogen) atoms. The van der Waals surface area contributed by atoms with E-state index in [0.29, 0.717) is 5.69 Å². The van der Waals surface area contributed by atoms with Gasteiger partial charge < -0.3 is 5.73 Å². The summed E-state index contributed by atoms with van der Waals surface area (Å²) in [6.45, 7) is 0. The molecule has 2 heterocycles. The van der Waals surface area contributed by atoms with Crippen LogP contribution < -0.4 is 5.73 Å². The molecular weight excluding hydrogens is 154 g/mol. The van der Waals surface area contributed by atoms with E-state index in [2.05, 4.69) is 20.2 Å². The molecule has 5 heteroatoms. The van der Waals surface area contributed by atoms with Crippen LogP contribution in [0.25, 0.3) is 11.4 Å². The van der Waals surface area contributed by atoms with Crippen LogP contribution in [0.1, 0.15) is 0 Å². The molecule has 0 bridgehead atoms. The van der Waals surface area contributed by atoms with Crippen molar-refractivity contribution >= 4 is 5.69 Å². The van der Waals surface area contributed by atoms with Gasteiger partial charge in [-0.3, -0.25) is 5.10 Å². The average molecular weight is 161 g/mol. The lowest BCUT2D eigenvalue weighted by Crippen LogP contribution is -1.89. The van der Waals surface area contributed by atoms with E-state index in [-0.39, 0.29) is 0 Å². The van der Waals surface area contributed by atoms with Crippen LogP contribution >= 0.6 is 0 Å². The molecule has 60 valence electrons. The van der Waals surface area contributed by atoms with Gasteiger partial charge >= 0.3 is 0 Å². The van der Waals surface area contributed by atoms with Crippen LogP contribution in [0.2, 0.25) is 0 Å². The van der Waals surface area contributed by atoms with E-state index in [1.165, 1.54) is 6.33 Å². The van der Waals surface area contributed by atoms with Gasteiger partial charge in [0.15, 0.2) is 0 Å². The highest BCUT2D eigenvalue weighted by molar-refractivity contribution is 5.68. The van der Waals surface area contributed by atoms with Crippen molar-refractivity contribution in [2.45, 2.75) is 0 Å². The summed E-state index contributed by atoms with van der Waals surface area (Å²) in [4.78, 5) is 7.82. The molecule has 0 spiro atoms. The first-order valence-electron chi connectivity index (χ1n) is 3.43. The molecule has 0 unspecified atom stereocenters. The fraction of sp³-hybridized carbons (Fsp3) is 0. The second kappa shape index (κ2) is 2.61. The van der Waals surface area contributed by atoms with Gasteiger partial charge in [-0.1, -0.05) is 0 Å². The number of nitrogens with zero attached hydrogens (tertiary/aromatic N) is 3. The van der Waals surface area contributed by atoms with Gasteiger partial charge in [-0.15, -0.1) is 0 Å². The Morgan fingerprint density at radius 3 is 2.92 bits per heavy atom. The molecule has 2 aromatic rings. The Labute approximate surface area is 68.7 Å². The summed E-state index contributed by atoms with van der Waals surface area (Å²) in [7, 11) is 0. The molecule has 2 rings (SSSR count). The minimum absolute atomic E-state index is 0.591. The summed E-state index contributed by atoms with van der Waals surface area (Å²) in [6, 6.07) is 1.77. The average Bonchev–Trinajstić information content (AvgIpc) is 2.53. The topological polar surface area (TPSA) is 80.5 Å². The predicted molar refractivity (Wildman–Crippen MR) is 44.0 cm³/mol. The zero-order valence-corrected chi connectivity index (χ0v) is 6.23. The molecule has 0 aromatic carbocycles. The number of nitrogens with one attached hydrogen (secondary N) is 1. The first-order chi connectivity index (χ1) is 5.88. The zero-order valence-electron chi connectivity index (χ0n) is 6.23. The third-order valence-corrected chi connectivity index (χ3v) is 1.51. The van der Waals surface area contributed by atoms with Gasteiger partial charge in [-0.05, 0) is 6.07 Å². The minimum Gasteiger partial charge on any atom is -0.396 e. The number of nitrogen functional groups attached to an aromatic ring is 1. The van der Waals surface area contributed by atoms with Crippen LogP contribution in [0.15, 0.2) is 24.8 Å². The van der Waals surface area contributed by atoms with Gasteiger partial charge in [-0.2, -0.15) is 5.10 Å². The molecule has 0 saturated heterocycles. The lowest BCUT2D eigenvalue weighted by Gasteiger charge is -1.95. The molecule has 5 nitrogen and oxygen atoms in total. The Kier molecular flexibility index (Phi) is 1.48. The smallest absolute Gasteiger partial charge is 0.116 e. The Morgan fingerprint density at radius 2 is 2.33 bits per heavy atom. The van der Waals surface area contributed by atoms with Crippen molar-refractivity contribution in [1.82, 2.24) is 20.2 Å². The molecule has 3 N–H and O–H groups in total. The maximum Gasteiger partial charge on any atom is 0.116 e. The Morgan fingerprint density at radius 1 is 1.42 bits per heavy atom. The van der Waals surface area contributed by atoms with Crippen LogP contribution in [0.3, 0.4) is 0 Å². The standard InChI is InChI=1S/C7H7N5/c8-5-3-11-12-7(5)6-1-2-9-4-10-6/h1-4H,8H2,(H,11,12). The fourth-order valence-corrected chi connectivity index (χ4v) is 0.939. The highest BCUT2D eigenvalue weighted by Crippen LogP contribution is 2.18. The monoisotopic (exact) mass is 161 g/mol. The van der Waals surface area contributed by atoms with E-state index in [9.17, 15) is 0 Å². The summed E-state index contributed by atoms with van der Waals surface area (Å²) in [5.41, 5.74) is 7.69. The second-order valence-electron chi connectivity index (χ2n) is 2.29. The Bertz CT molecular complexity index is 366. The van der Waals surface area contributed by atoms with Gasteiger partial charge in [0, 0.05) is 6.20 Å². The van der Waals surface area contributed by atoms with Crippen molar-refractivity contribution in [3.05, 3.63) is 24.8 Å². The van der Waals surface area contributed by atoms with Crippen molar-refractivity contribution in [3.63, 3.8) is 0 Å². The molecular formula is C7H7N5. The largest absolute Gasteiger partial charge is 0.396 e. The summed E-state index contributed by atoms with van der Waals surface area (Å²) in [6.07, 6.45) is 4.68. The van der Waals surface area contributed by atoms with Gasteiger partial charge in [0.25, 0.3) is 0 Å². The van der Waals surface area contributed by atoms with Gasteiger partial charge in [0.1, 0.15) is 12.0 Å². The molecule has 2 aromatic heterocycles. The first-order valence-corrected chi connectivity index (χ1v) is 3.43. The Balaban J connectivity index is 2.51. The molecule has 0 atom stereocenters. The third-order valence-electron chi connectivity index (χ3n) is 1.51. The number of anilines is 1. The number of nitrogens with two attached hydrogens (primary N) is 1. The second-order valence-corrected chi connectivity index (χ2v) is 2.29. The van der Waals surface area contributed by atoms with Gasteiger partial charge in [0.2, 0.25) is 0 Å². The maximum absolute atomic E-state index is 5.62. The summed E-state index contributed by atoms with van der Waals surface area (Å²) in [5.74, 6) is 0. The molecule has 0 amide bonds. The van der Waals surface area contributed by atoms with E-state index >= 15 is 0 Å². The summed E-state index contributed by atoms with van der Waals surface area (Å²) >= 11 is 0. The number of aromatic nitrogens is 4. The normalized spacial score (nSPS) is 10.0. The van der Waals surface area contributed by atoms with Crippen molar-refractivity contribution < 1.29 is 0 Å². The lowest BCUT2D eigenvalue weighted by atomic mass is 10.3. The summed E-state index contributed by atoms with van der Waals surface area (Å²) in [5, 5.41) is 6.54. The van der Waals surface area contributed by atoms with Crippen LogP contribution in [0, 0.1) is 0 Å². The fourth-order valence-electron chi connectivity index (χ4n) is 0.939. The number of aromatic amines is 1. The van der Waals surface area contributed by atoms with E-state index in [4.69, 9.17) is 5.73 Å². The number of hydrogen-bond donors (Lipinski definition) is 2. The highest BCUT2D eigenvalue weighted by atomic mass is 15.1. The van der Waals surface area contributed by atoms with Crippen LogP contribution in [-0.4, -0.2) is 20.2 Å². The number of rotatable bonds is 1. The molecule has 0 radical (unpaired) electrons. The van der Waals surface area contributed by atoms with Crippen LogP contribution in [0.4, 0.5) is 5.69 Å². The number of hydrogen-bond acceptors (Lipinski definition) is 4. The molecule has 0 aliphatic carbocycles. The zero-order chi connectivity index (χ0) is 8.39. The molecule has 0 aliphatic rings. The van der Waals surface area contributed by atoms with Crippen molar-refractivity contribution in [1.29, 1.82) is 0 Å². The third kappa shape index (κ3) is 1.01. The maximum atomic E-state index is 5.62. The van der Waals surface area contributed by atoms with Crippen molar-refractivity contribution in [2.24, 2.45) is 0 Å². The van der Waals surface area contributed by atoms with E-state index in [1.54, 1.807) is 18.5 Å². The number of H-pyrrole nitrogens is 1. The highest BCUT2D eigenvalue weighted by Gasteiger charge is 2.03. The van der Waals surface area contributed by atoms with Gasteiger partial charge in [-0.25, -0.2) is 9.97 Å². The lowest BCUT2D eigenvalue weighted by molar-refractivity contribution is 1.08. The van der Waals surface area contributed by atoms with Crippen molar-refractivity contribution in [3.8, 4) is 11.4 Å². The van der Waals surface area contributed by atoms with Crippen LogP contribution in [0.5, 0.6) is 0 Å². The van der Waals surface area contributed by atoms with Gasteiger partial charge in [0.05, 0.1) is 17.6 Å². The van der Waals surface area contributed by atoms with E-state index in [1.807, 2.05) is 0 Å². The molecule has 0 fully saturated rings.